The SMILES string of the molecule is CN(C)c1cccc(C(=O)N2CCN(c3ccccc3C#N)C(=O)C2)c1. The van der Waals surface area contributed by atoms with Gasteiger partial charge in [0, 0.05) is 38.4 Å². The van der Waals surface area contributed by atoms with Crippen molar-refractivity contribution in [3.05, 3.63) is 59.7 Å². The van der Waals surface area contributed by atoms with Gasteiger partial charge in [0.2, 0.25) is 5.91 Å². The number of piperazine rings is 1. The number of hydrogen-bond donors (Lipinski definition) is 0. The third-order valence-corrected chi connectivity index (χ3v) is 4.43. The molecule has 1 fully saturated rings. The molecule has 0 saturated carbocycles. The number of anilines is 2. The zero-order valence-electron chi connectivity index (χ0n) is 14.8. The molecule has 3 rings (SSSR count). The molecule has 6 heteroatoms. The number of nitrogens with zero attached hydrogens (tertiary/aromatic N) is 4. The van der Waals surface area contributed by atoms with Crippen molar-refractivity contribution in [1.29, 1.82) is 5.26 Å². The Morgan fingerprint density at radius 1 is 1.12 bits per heavy atom. The first-order chi connectivity index (χ1) is 12.5. The van der Waals surface area contributed by atoms with E-state index in [1.54, 1.807) is 40.1 Å². The van der Waals surface area contributed by atoms with Crippen LogP contribution in [0.3, 0.4) is 0 Å². The maximum Gasteiger partial charge on any atom is 0.254 e. The molecule has 0 unspecified atom stereocenters. The van der Waals surface area contributed by atoms with Crippen LogP contribution in [0.4, 0.5) is 11.4 Å². The Hall–Kier alpha value is -3.33. The summed E-state index contributed by atoms with van der Waals surface area (Å²) in [7, 11) is 3.83. The van der Waals surface area contributed by atoms with Gasteiger partial charge in [-0.2, -0.15) is 5.26 Å². The molecular weight excluding hydrogens is 328 g/mol. The number of rotatable bonds is 3. The van der Waals surface area contributed by atoms with Gasteiger partial charge in [-0.25, -0.2) is 0 Å². The zero-order chi connectivity index (χ0) is 18.7. The van der Waals surface area contributed by atoms with E-state index in [-0.39, 0.29) is 18.4 Å². The van der Waals surface area contributed by atoms with Crippen LogP contribution in [-0.2, 0) is 4.79 Å². The quantitative estimate of drug-likeness (QED) is 0.852. The fraction of sp³-hybridized carbons (Fsp3) is 0.250. The number of benzene rings is 2. The number of amides is 2. The topological polar surface area (TPSA) is 67.7 Å². The first-order valence-corrected chi connectivity index (χ1v) is 8.37. The largest absolute Gasteiger partial charge is 0.378 e. The molecule has 0 N–H and O–H groups in total. The van der Waals surface area contributed by atoms with Crippen LogP contribution in [0, 0.1) is 11.3 Å². The minimum Gasteiger partial charge on any atom is -0.378 e. The Bertz CT molecular complexity index is 885. The van der Waals surface area contributed by atoms with Crippen molar-refractivity contribution in [3.8, 4) is 6.07 Å². The van der Waals surface area contributed by atoms with E-state index in [4.69, 9.17) is 0 Å². The van der Waals surface area contributed by atoms with Crippen molar-refractivity contribution in [2.45, 2.75) is 0 Å². The van der Waals surface area contributed by atoms with Crippen molar-refractivity contribution < 1.29 is 9.59 Å². The minimum absolute atomic E-state index is 0.00475. The number of nitriles is 1. The standard InChI is InChI=1S/C20H20N4O2/c1-22(2)17-8-5-7-15(12-17)20(26)23-10-11-24(19(25)14-23)18-9-4-3-6-16(18)13-21/h3-9,12H,10-11,14H2,1-2H3. The van der Waals surface area contributed by atoms with Crippen LogP contribution in [-0.4, -0.2) is 50.4 Å². The number of para-hydroxylation sites is 1. The van der Waals surface area contributed by atoms with Crippen LogP contribution in [0.15, 0.2) is 48.5 Å². The summed E-state index contributed by atoms with van der Waals surface area (Å²) in [6, 6.07) is 16.5. The summed E-state index contributed by atoms with van der Waals surface area (Å²) in [5, 5.41) is 9.24. The maximum atomic E-state index is 12.8. The molecule has 0 bridgehead atoms. The molecule has 1 aliphatic rings. The summed E-state index contributed by atoms with van der Waals surface area (Å²) < 4.78 is 0. The second-order valence-electron chi connectivity index (χ2n) is 6.35. The van der Waals surface area contributed by atoms with Gasteiger partial charge in [0.05, 0.1) is 11.3 Å². The molecule has 1 heterocycles. The first-order valence-electron chi connectivity index (χ1n) is 8.37. The average molecular weight is 348 g/mol. The van der Waals surface area contributed by atoms with Crippen molar-refractivity contribution in [2.75, 3.05) is 43.5 Å². The fourth-order valence-corrected chi connectivity index (χ4v) is 3.00. The Kier molecular flexibility index (Phi) is 4.90. The van der Waals surface area contributed by atoms with Crippen LogP contribution in [0.1, 0.15) is 15.9 Å². The van der Waals surface area contributed by atoms with Gasteiger partial charge in [-0.1, -0.05) is 18.2 Å². The van der Waals surface area contributed by atoms with Gasteiger partial charge in [0.25, 0.3) is 5.91 Å². The minimum atomic E-state index is -0.184. The summed E-state index contributed by atoms with van der Waals surface area (Å²) in [5.41, 5.74) is 2.56. The summed E-state index contributed by atoms with van der Waals surface area (Å²) in [5.74, 6) is -0.341. The number of hydrogen-bond acceptors (Lipinski definition) is 4. The second kappa shape index (κ2) is 7.28. The van der Waals surface area contributed by atoms with Crippen LogP contribution in [0.5, 0.6) is 0 Å². The Labute approximate surface area is 152 Å². The molecule has 2 amide bonds. The van der Waals surface area contributed by atoms with Gasteiger partial charge in [-0.15, -0.1) is 0 Å². The van der Waals surface area contributed by atoms with E-state index in [1.807, 2.05) is 37.2 Å². The van der Waals surface area contributed by atoms with Gasteiger partial charge >= 0.3 is 0 Å². The molecule has 6 nitrogen and oxygen atoms in total. The fourth-order valence-electron chi connectivity index (χ4n) is 3.00. The van der Waals surface area contributed by atoms with Crippen molar-refractivity contribution >= 4 is 23.2 Å². The van der Waals surface area contributed by atoms with Crippen molar-refractivity contribution in [2.24, 2.45) is 0 Å². The van der Waals surface area contributed by atoms with E-state index in [9.17, 15) is 14.9 Å². The van der Waals surface area contributed by atoms with E-state index >= 15 is 0 Å². The number of carbonyl (C=O) groups excluding carboxylic acids is 2. The van der Waals surface area contributed by atoms with E-state index in [0.29, 0.717) is 29.9 Å². The van der Waals surface area contributed by atoms with Crippen molar-refractivity contribution in [1.82, 2.24) is 4.90 Å². The molecule has 26 heavy (non-hydrogen) atoms. The van der Waals surface area contributed by atoms with E-state index < -0.39 is 0 Å². The van der Waals surface area contributed by atoms with Crippen LogP contribution < -0.4 is 9.80 Å². The van der Waals surface area contributed by atoms with Crippen LogP contribution in [0.2, 0.25) is 0 Å². The molecule has 0 atom stereocenters. The lowest BCUT2D eigenvalue weighted by Gasteiger charge is -2.34. The Morgan fingerprint density at radius 3 is 2.58 bits per heavy atom. The monoisotopic (exact) mass is 348 g/mol. The maximum absolute atomic E-state index is 12.8. The lowest BCUT2D eigenvalue weighted by molar-refractivity contribution is -0.120. The molecule has 1 saturated heterocycles. The van der Waals surface area contributed by atoms with Gasteiger partial charge in [-0.3, -0.25) is 9.59 Å². The molecule has 1 aliphatic heterocycles. The molecule has 0 aliphatic carbocycles. The van der Waals surface area contributed by atoms with E-state index in [2.05, 4.69) is 6.07 Å². The summed E-state index contributed by atoms with van der Waals surface area (Å²) in [4.78, 5) is 30.4. The average Bonchev–Trinajstić information content (AvgIpc) is 2.67. The summed E-state index contributed by atoms with van der Waals surface area (Å²) in [6.45, 7) is 0.804. The van der Waals surface area contributed by atoms with Crippen LogP contribution in [0.25, 0.3) is 0 Å². The molecule has 0 spiro atoms. The van der Waals surface area contributed by atoms with Gasteiger partial charge in [0.15, 0.2) is 0 Å². The van der Waals surface area contributed by atoms with Crippen molar-refractivity contribution in [3.63, 3.8) is 0 Å². The molecule has 0 aromatic heterocycles. The van der Waals surface area contributed by atoms with Crippen LogP contribution >= 0.6 is 0 Å². The highest BCUT2D eigenvalue weighted by Crippen LogP contribution is 2.23. The Morgan fingerprint density at radius 2 is 1.88 bits per heavy atom. The first kappa shape index (κ1) is 17.5. The second-order valence-corrected chi connectivity index (χ2v) is 6.35. The highest BCUT2D eigenvalue weighted by Gasteiger charge is 2.29. The lowest BCUT2D eigenvalue weighted by atomic mass is 10.1. The summed E-state index contributed by atoms with van der Waals surface area (Å²) in [6.07, 6.45) is 0. The molecule has 132 valence electrons. The van der Waals surface area contributed by atoms with Gasteiger partial charge in [0.1, 0.15) is 12.6 Å². The van der Waals surface area contributed by atoms with E-state index in [1.165, 1.54) is 0 Å². The molecule has 2 aromatic carbocycles. The van der Waals surface area contributed by atoms with E-state index in [0.717, 1.165) is 5.69 Å². The normalized spacial score (nSPS) is 14.1. The third-order valence-electron chi connectivity index (χ3n) is 4.43. The molecule has 2 aromatic rings. The zero-order valence-corrected chi connectivity index (χ0v) is 14.8. The highest BCUT2D eigenvalue weighted by atomic mass is 16.2. The number of carbonyl (C=O) groups is 2. The predicted molar refractivity (Wildman–Crippen MR) is 100 cm³/mol. The predicted octanol–water partition coefficient (Wildman–Crippen LogP) is 2.11. The lowest BCUT2D eigenvalue weighted by Crippen LogP contribution is -2.52. The highest BCUT2D eigenvalue weighted by molar-refractivity contribution is 6.02. The third kappa shape index (κ3) is 3.38. The summed E-state index contributed by atoms with van der Waals surface area (Å²) >= 11 is 0. The Balaban J connectivity index is 1.77. The van der Waals surface area contributed by atoms with Gasteiger partial charge < -0.3 is 14.7 Å². The smallest absolute Gasteiger partial charge is 0.254 e. The van der Waals surface area contributed by atoms with Gasteiger partial charge in [-0.05, 0) is 30.3 Å². The molecular formula is C20H20N4O2. The molecule has 0 radical (unpaired) electrons.